The van der Waals surface area contributed by atoms with E-state index in [1.54, 1.807) is 12.1 Å². The number of anilines is 1. The summed E-state index contributed by atoms with van der Waals surface area (Å²) in [6.45, 7) is 0. The molecule has 1 N–H and O–H groups in total. The number of halogens is 3. The topological polar surface area (TPSA) is 54.9 Å². The zero-order chi connectivity index (χ0) is 24.4. The highest BCUT2D eigenvalue weighted by atomic mass is 19.2. The summed E-state index contributed by atoms with van der Waals surface area (Å²) < 4.78 is 40.6. The van der Waals surface area contributed by atoms with Crippen molar-refractivity contribution in [3.63, 3.8) is 0 Å². The average Bonchev–Trinajstić information content (AvgIpc) is 2.85. The zero-order valence-corrected chi connectivity index (χ0v) is 19.5. The van der Waals surface area contributed by atoms with Gasteiger partial charge in [-0.05, 0) is 73.1 Å². The lowest BCUT2D eigenvalue weighted by molar-refractivity contribution is -0.115. The van der Waals surface area contributed by atoms with E-state index in [9.17, 15) is 18.0 Å². The molecular weight excluding hydrogens is 451 g/mol. The largest absolute Gasteiger partial charge is 0.309 e. The highest BCUT2D eigenvalue weighted by Crippen LogP contribution is 2.34. The molecule has 0 unspecified atom stereocenters. The Bertz CT molecular complexity index is 1250. The van der Waals surface area contributed by atoms with Gasteiger partial charge in [0.1, 0.15) is 5.82 Å². The van der Waals surface area contributed by atoms with Crippen molar-refractivity contribution in [3.8, 4) is 11.3 Å². The maximum absolute atomic E-state index is 13.8. The van der Waals surface area contributed by atoms with Gasteiger partial charge in [0.05, 0.1) is 23.5 Å². The van der Waals surface area contributed by atoms with Crippen molar-refractivity contribution >= 4 is 11.7 Å². The molecular formula is C28H28F3N3O. The SMILES string of the molecule is O=C(Cc1ccc(F)c(F)c1)Nc1nc2c(nc1CCC1CCCCC1)-c1ccc(F)cc1CC2. The third-order valence-electron chi connectivity index (χ3n) is 7.11. The van der Waals surface area contributed by atoms with Crippen LogP contribution in [0, 0.1) is 23.4 Å². The molecule has 0 aliphatic heterocycles. The molecule has 1 amide bonds. The second kappa shape index (κ2) is 10.2. The Morgan fingerprint density at radius 2 is 1.77 bits per heavy atom. The number of fused-ring (bicyclic) bond motifs is 3. The highest BCUT2D eigenvalue weighted by Gasteiger charge is 2.24. The second-order valence-corrected chi connectivity index (χ2v) is 9.63. The van der Waals surface area contributed by atoms with Crippen molar-refractivity contribution in [2.24, 2.45) is 5.92 Å². The number of aromatic nitrogens is 2. The van der Waals surface area contributed by atoms with Crippen LogP contribution in [0.3, 0.4) is 0 Å². The molecule has 35 heavy (non-hydrogen) atoms. The van der Waals surface area contributed by atoms with E-state index in [1.165, 1.54) is 44.2 Å². The minimum Gasteiger partial charge on any atom is -0.309 e. The quantitative estimate of drug-likeness (QED) is 0.448. The van der Waals surface area contributed by atoms with Gasteiger partial charge in [-0.25, -0.2) is 23.1 Å². The molecule has 0 bridgehead atoms. The van der Waals surface area contributed by atoms with Gasteiger partial charge >= 0.3 is 0 Å². The maximum Gasteiger partial charge on any atom is 0.229 e. The van der Waals surface area contributed by atoms with Crippen molar-refractivity contribution in [2.45, 2.75) is 64.2 Å². The maximum atomic E-state index is 13.8. The molecule has 0 saturated heterocycles. The summed E-state index contributed by atoms with van der Waals surface area (Å²) in [5.74, 6) is -1.49. The van der Waals surface area contributed by atoms with Crippen LogP contribution in [0.1, 0.15) is 61.0 Å². The van der Waals surface area contributed by atoms with Crippen LogP contribution in [0.5, 0.6) is 0 Å². The van der Waals surface area contributed by atoms with Crippen LogP contribution in [-0.4, -0.2) is 15.9 Å². The molecule has 182 valence electrons. The van der Waals surface area contributed by atoms with Gasteiger partial charge in [-0.15, -0.1) is 0 Å². The first-order valence-corrected chi connectivity index (χ1v) is 12.4. The van der Waals surface area contributed by atoms with Gasteiger partial charge in [0.15, 0.2) is 17.5 Å². The molecule has 1 saturated carbocycles. The Hall–Kier alpha value is -3.22. The van der Waals surface area contributed by atoms with Crippen LogP contribution in [0.2, 0.25) is 0 Å². The molecule has 4 nitrogen and oxygen atoms in total. The van der Waals surface area contributed by atoms with Crippen molar-refractivity contribution in [3.05, 3.63) is 76.4 Å². The Labute approximate surface area is 203 Å². The number of nitrogens with zero attached hydrogens (tertiary/aromatic N) is 2. The number of hydrogen-bond donors (Lipinski definition) is 1. The van der Waals surface area contributed by atoms with Crippen molar-refractivity contribution in [1.29, 1.82) is 0 Å². The molecule has 1 heterocycles. The Kier molecular flexibility index (Phi) is 6.84. The lowest BCUT2D eigenvalue weighted by atomic mass is 9.85. The van der Waals surface area contributed by atoms with Crippen molar-refractivity contribution in [1.82, 2.24) is 9.97 Å². The lowest BCUT2D eigenvalue weighted by Crippen LogP contribution is -2.20. The van der Waals surface area contributed by atoms with E-state index >= 15 is 0 Å². The van der Waals surface area contributed by atoms with Gasteiger partial charge < -0.3 is 5.32 Å². The summed E-state index contributed by atoms with van der Waals surface area (Å²) in [5, 5.41) is 2.88. The van der Waals surface area contributed by atoms with E-state index in [2.05, 4.69) is 5.32 Å². The number of carbonyl (C=O) groups is 1. The predicted octanol–water partition coefficient (Wildman–Crippen LogP) is 6.35. The number of hydrogen-bond acceptors (Lipinski definition) is 3. The van der Waals surface area contributed by atoms with Crippen molar-refractivity contribution in [2.75, 3.05) is 5.32 Å². The molecule has 1 fully saturated rings. The minimum atomic E-state index is -0.979. The molecule has 5 rings (SSSR count). The molecule has 7 heteroatoms. The fourth-order valence-corrected chi connectivity index (χ4v) is 5.25. The summed E-state index contributed by atoms with van der Waals surface area (Å²) in [4.78, 5) is 22.5. The molecule has 2 aromatic carbocycles. The van der Waals surface area contributed by atoms with Crippen LogP contribution in [0.25, 0.3) is 11.3 Å². The number of carbonyl (C=O) groups excluding carboxylic acids is 1. The van der Waals surface area contributed by atoms with Gasteiger partial charge in [-0.2, -0.15) is 0 Å². The Morgan fingerprint density at radius 3 is 2.57 bits per heavy atom. The fraction of sp³-hybridized carbons (Fsp3) is 0.393. The van der Waals surface area contributed by atoms with Gasteiger partial charge in [-0.3, -0.25) is 4.79 Å². The second-order valence-electron chi connectivity index (χ2n) is 9.63. The first-order valence-electron chi connectivity index (χ1n) is 12.4. The normalized spacial score (nSPS) is 15.4. The third-order valence-corrected chi connectivity index (χ3v) is 7.11. The summed E-state index contributed by atoms with van der Waals surface area (Å²) in [6, 6.07) is 8.20. The summed E-state index contributed by atoms with van der Waals surface area (Å²) in [7, 11) is 0. The van der Waals surface area contributed by atoms with Crippen LogP contribution < -0.4 is 5.32 Å². The number of benzene rings is 2. The van der Waals surface area contributed by atoms with E-state index in [0.717, 1.165) is 41.1 Å². The van der Waals surface area contributed by atoms with Crippen molar-refractivity contribution < 1.29 is 18.0 Å². The number of amides is 1. The monoisotopic (exact) mass is 479 g/mol. The first kappa shape index (κ1) is 23.5. The van der Waals surface area contributed by atoms with E-state index in [1.807, 2.05) is 0 Å². The van der Waals surface area contributed by atoms with Crippen LogP contribution >= 0.6 is 0 Å². The Balaban J connectivity index is 1.42. The van der Waals surface area contributed by atoms with E-state index in [4.69, 9.17) is 9.97 Å². The van der Waals surface area contributed by atoms with E-state index in [0.29, 0.717) is 42.3 Å². The molecule has 2 aliphatic rings. The van der Waals surface area contributed by atoms with Crippen LogP contribution in [-0.2, 0) is 30.5 Å². The lowest BCUT2D eigenvalue weighted by Gasteiger charge is -2.23. The molecule has 3 aromatic rings. The molecule has 0 radical (unpaired) electrons. The van der Waals surface area contributed by atoms with E-state index in [-0.39, 0.29) is 18.1 Å². The van der Waals surface area contributed by atoms with Crippen LogP contribution in [0.15, 0.2) is 36.4 Å². The van der Waals surface area contributed by atoms with E-state index < -0.39 is 11.6 Å². The third kappa shape index (κ3) is 5.39. The van der Waals surface area contributed by atoms with Gasteiger partial charge in [0.2, 0.25) is 5.91 Å². The Morgan fingerprint density at radius 1 is 0.943 bits per heavy atom. The first-order chi connectivity index (χ1) is 17.0. The number of rotatable bonds is 6. The van der Waals surface area contributed by atoms with Gasteiger partial charge in [0, 0.05) is 5.56 Å². The standard InChI is InChI=1S/C28H28F3N3O/c29-20-9-10-21-19(16-20)8-13-24-27(21)32-25(12-7-17-4-2-1-3-5-17)28(33-24)34-26(35)15-18-6-11-22(30)23(31)14-18/h6,9-11,14,16-17H,1-5,7-8,12-13,15H2,(H,33,34,35). The average molecular weight is 480 g/mol. The van der Waals surface area contributed by atoms with Gasteiger partial charge in [-0.1, -0.05) is 38.2 Å². The summed E-state index contributed by atoms with van der Waals surface area (Å²) in [5.41, 5.74) is 4.42. The van der Waals surface area contributed by atoms with Gasteiger partial charge in [0.25, 0.3) is 0 Å². The zero-order valence-electron chi connectivity index (χ0n) is 19.5. The van der Waals surface area contributed by atoms with Crippen LogP contribution in [0.4, 0.5) is 19.0 Å². The molecule has 0 spiro atoms. The number of aryl methyl sites for hydroxylation is 3. The summed E-state index contributed by atoms with van der Waals surface area (Å²) in [6.07, 6.45) is 9.00. The predicted molar refractivity (Wildman–Crippen MR) is 128 cm³/mol. The summed E-state index contributed by atoms with van der Waals surface area (Å²) >= 11 is 0. The fourth-order valence-electron chi connectivity index (χ4n) is 5.25. The number of nitrogens with one attached hydrogen (secondary N) is 1. The molecule has 1 aromatic heterocycles. The molecule has 2 aliphatic carbocycles. The minimum absolute atomic E-state index is 0.0971. The highest BCUT2D eigenvalue weighted by molar-refractivity contribution is 5.92. The molecule has 0 atom stereocenters. The smallest absolute Gasteiger partial charge is 0.229 e.